The number of carbonyl (C=O) groups is 1. The summed E-state index contributed by atoms with van der Waals surface area (Å²) in [5, 5.41) is 5.88. The Morgan fingerprint density at radius 3 is 2.63 bits per heavy atom. The first-order valence-corrected chi connectivity index (χ1v) is 6.46. The first kappa shape index (κ1) is 15.4. The molecule has 1 aromatic heterocycles. The van der Waals surface area contributed by atoms with Gasteiger partial charge in [0.15, 0.2) is 0 Å². The first-order chi connectivity index (χ1) is 9.13. The van der Waals surface area contributed by atoms with Crippen molar-refractivity contribution in [1.82, 2.24) is 15.3 Å². The summed E-state index contributed by atoms with van der Waals surface area (Å²) in [6, 6.07) is 0. The van der Waals surface area contributed by atoms with Crippen LogP contribution >= 0.6 is 0 Å². The van der Waals surface area contributed by atoms with E-state index in [9.17, 15) is 4.79 Å². The fourth-order valence-corrected chi connectivity index (χ4v) is 1.35. The van der Waals surface area contributed by atoms with E-state index in [4.69, 9.17) is 4.74 Å². The quantitative estimate of drug-likeness (QED) is 0.694. The van der Waals surface area contributed by atoms with Crippen LogP contribution in [0.1, 0.15) is 30.6 Å². The van der Waals surface area contributed by atoms with Crippen LogP contribution in [0.15, 0.2) is 12.4 Å². The second-order valence-electron chi connectivity index (χ2n) is 4.67. The molecule has 0 aromatic carbocycles. The molecule has 0 unspecified atom stereocenters. The van der Waals surface area contributed by atoms with Crippen LogP contribution in [0.25, 0.3) is 0 Å². The van der Waals surface area contributed by atoms with Gasteiger partial charge in [-0.25, -0.2) is 9.97 Å². The molecular weight excluding hydrogens is 244 g/mol. The van der Waals surface area contributed by atoms with Gasteiger partial charge in [0.05, 0.1) is 5.56 Å². The third-order valence-electron chi connectivity index (χ3n) is 2.39. The topological polar surface area (TPSA) is 76.1 Å². The molecule has 6 heteroatoms. The second-order valence-corrected chi connectivity index (χ2v) is 4.67. The number of amides is 1. The number of nitrogens with one attached hydrogen (secondary N) is 2. The third kappa shape index (κ3) is 6.15. The van der Waals surface area contributed by atoms with E-state index in [0.717, 1.165) is 13.0 Å². The number of nitrogens with zero attached hydrogens (tertiary/aromatic N) is 2. The minimum Gasteiger partial charge on any atom is -0.385 e. The smallest absolute Gasteiger partial charge is 0.254 e. The van der Waals surface area contributed by atoms with E-state index in [2.05, 4.69) is 34.4 Å². The second kappa shape index (κ2) is 8.42. The van der Waals surface area contributed by atoms with Crippen LogP contribution in [0, 0.1) is 5.92 Å². The number of carbonyl (C=O) groups excluding carboxylic acids is 1. The van der Waals surface area contributed by atoms with Crippen molar-refractivity contribution in [3.05, 3.63) is 18.0 Å². The van der Waals surface area contributed by atoms with E-state index < -0.39 is 0 Å². The Labute approximate surface area is 114 Å². The van der Waals surface area contributed by atoms with Gasteiger partial charge in [0, 0.05) is 39.2 Å². The molecule has 0 aliphatic carbocycles. The molecule has 0 fully saturated rings. The predicted molar refractivity (Wildman–Crippen MR) is 74.2 cm³/mol. The summed E-state index contributed by atoms with van der Waals surface area (Å²) in [5.74, 6) is 0.906. The summed E-state index contributed by atoms with van der Waals surface area (Å²) >= 11 is 0. The summed E-state index contributed by atoms with van der Waals surface area (Å²) in [5.41, 5.74) is 0.465. The molecule has 0 bridgehead atoms. The molecule has 6 nitrogen and oxygen atoms in total. The molecule has 0 saturated carbocycles. The Hall–Kier alpha value is -1.69. The van der Waals surface area contributed by atoms with Gasteiger partial charge in [0.1, 0.15) is 0 Å². The Morgan fingerprint density at radius 1 is 1.37 bits per heavy atom. The van der Waals surface area contributed by atoms with Crippen molar-refractivity contribution >= 4 is 11.9 Å². The van der Waals surface area contributed by atoms with Gasteiger partial charge in [-0.2, -0.15) is 0 Å². The number of ether oxygens (including phenoxy) is 1. The van der Waals surface area contributed by atoms with Gasteiger partial charge in [-0.3, -0.25) is 4.79 Å². The number of hydrogen-bond donors (Lipinski definition) is 2. The minimum absolute atomic E-state index is 0.161. The van der Waals surface area contributed by atoms with Gasteiger partial charge in [0.25, 0.3) is 5.91 Å². The largest absolute Gasteiger partial charge is 0.385 e. The van der Waals surface area contributed by atoms with E-state index in [1.807, 2.05) is 0 Å². The van der Waals surface area contributed by atoms with Gasteiger partial charge in [-0.1, -0.05) is 13.8 Å². The maximum absolute atomic E-state index is 11.7. The molecule has 1 heterocycles. The van der Waals surface area contributed by atoms with E-state index in [1.54, 1.807) is 7.11 Å². The lowest BCUT2D eigenvalue weighted by Gasteiger charge is -2.08. The highest BCUT2D eigenvalue weighted by atomic mass is 16.5. The SMILES string of the molecule is COCCCNC(=O)c1cnc(NCC(C)C)nc1. The standard InChI is InChI=1S/C13H22N4O2/c1-10(2)7-15-13-16-8-11(9-17-13)12(18)14-5-4-6-19-3/h8-10H,4-7H2,1-3H3,(H,14,18)(H,15,16,17). The normalized spacial score (nSPS) is 10.5. The van der Waals surface area contributed by atoms with E-state index in [0.29, 0.717) is 30.6 Å². The highest BCUT2D eigenvalue weighted by Gasteiger charge is 2.06. The molecule has 106 valence electrons. The average Bonchev–Trinajstić information content (AvgIpc) is 2.41. The number of hydrogen-bond acceptors (Lipinski definition) is 5. The van der Waals surface area contributed by atoms with Gasteiger partial charge in [-0.15, -0.1) is 0 Å². The molecule has 0 spiro atoms. The van der Waals surface area contributed by atoms with Crippen molar-refractivity contribution in [1.29, 1.82) is 0 Å². The molecule has 1 amide bonds. The van der Waals surface area contributed by atoms with E-state index in [1.165, 1.54) is 12.4 Å². The van der Waals surface area contributed by atoms with Gasteiger partial charge < -0.3 is 15.4 Å². The fourth-order valence-electron chi connectivity index (χ4n) is 1.35. The average molecular weight is 266 g/mol. The Balaban J connectivity index is 2.40. The summed E-state index contributed by atoms with van der Waals surface area (Å²) in [6.45, 7) is 6.24. The van der Waals surface area contributed by atoms with Gasteiger partial charge in [0.2, 0.25) is 5.95 Å². The predicted octanol–water partition coefficient (Wildman–Crippen LogP) is 1.31. The summed E-state index contributed by atoms with van der Waals surface area (Å²) in [7, 11) is 1.64. The van der Waals surface area contributed by atoms with Crippen molar-refractivity contribution in [3.8, 4) is 0 Å². The van der Waals surface area contributed by atoms with Crippen LogP contribution in [-0.4, -0.2) is 42.7 Å². The molecule has 0 saturated heterocycles. The molecule has 1 aromatic rings. The maximum Gasteiger partial charge on any atom is 0.254 e. The first-order valence-electron chi connectivity index (χ1n) is 6.46. The Morgan fingerprint density at radius 2 is 2.05 bits per heavy atom. The van der Waals surface area contributed by atoms with Gasteiger partial charge in [-0.05, 0) is 12.3 Å². The van der Waals surface area contributed by atoms with E-state index in [-0.39, 0.29) is 5.91 Å². The van der Waals surface area contributed by atoms with Crippen molar-refractivity contribution < 1.29 is 9.53 Å². The molecular formula is C13H22N4O2. The molecule has 1 rings (SSSR count). The molecule has 0 aliphatic rings. The highest BCUT2D eigenvalue weighted by Crippen LogP contribution is 2.01. The molecule has 0 atom stereocenters. The lowest BCUT2D eigenvalue weighted by Crippen LogP contribution is -2.25. The van der Waals surface area contributed by atoms with Crippen molar-refractivity contribution in [2.45, 2.75) is 20.3 Å². The molecule has 2 N–H and O–H groups in total. The Kier molecular flexibility index (Phi) is 6.81. The molecule has 19 heavy (non-hydrogen) atoms. The lowest BCUT2D eigenvalue weighted by molar-refractivity contribution is 0.0948. The summed E-state index contributed by atoms with van der Waals surface area (Å²) in [4.78, 5) is 19.9. The van der Waals surface area contributed by atoms with E-state index >= 15 is 0 Å². The highest BCUT2D eigenvalue weighted by molar-refractivity contribution is 5.93. The number of anilines is 1. The van der Waals surface area contributed by atoms with Gasteiger partial charge >= 0.3 is 0 Å². The number of aromatic nitrogens is 2. The van der Waals surface area contributed by atoms with Crippen LogP contribution in [0.4, 0.5) is 5.95 Å². The van der Waals surface area contributed by atoms with Crippen LogP contribution < -0.4 is 10.6 Å². The van der Waals surface area contributed by atoms with Crippen LogP contribution in [-0.2, 0) is 4.74 Å². The molecule has 0 radical (unpaired) electrons. The third-order valence-corrected chi connectivity index (χ3v) is 2.39. The minimum atomic E-state index is -0.161. The lowest BCUT2D eigenvalue weighted by atomic mass is 10.2. The van der Waals surface area contributed by atoms with Crippen molar-refractivity contribution in [2.75, 3.05) is 32.1 Å². The fraction of sp³-hybridized carbons (Fsp3) is 0.615. The summed E-state index contributed by atoms with van der Waals surface area (Å²) in [6.07, 6.45) is 3.85. The summed E-state index contributed by atoms with van der Waals surface area (Å²) < 4.78 is 4.91. The van der Waals surface area contributed by atoms with Crippen LogP contribution in [0.2, 0.25) is 0 Å². The zero-order chi connectivity index (χ0) is 14.1. The number of methoxy groups -OCH3 is 1. The van der Waals surface area contributed by atoms with Crippen molar-refractivity contribution in [3.63, 3.8) is 0 Å². The maximum atomic E-state index is 11.7. The van der Waals surface area contributed by atoms with Crippen molar-refractivity contribution in [2.24, 2.45) is 5.92 Å². The zero-order valence-corrected chi connectivity index (χ0v) is 11.8. The van der Waals surface area contributed by atoms with Crippen LogP contribution in [0.5, 0.6) is 0 Å². The molecule has 0 aliphatic heterocycles. The monoisotopic (exact) mass is 266 g/mol. The van der Waals surface area contributed by atoms with Crippen LogP contribution in [0.3, 0.4) is 0 Å². The number of rotatable bonds is 8. The Bertz CT molecular complexity index is 379. The zero-order valence-electron chi connectivity index (χ0n) is 11.8.